The highest BCUT2D eigenvalue weighted by Gasteiger charge is 2.45. The minimum atomic E-state index is -0.617. The fraction of sp³-hybridized carbons (Fsp3) is 0.278. The van der Waals surface area contributed by atoms with Gasteiger partial charge in [0.1, 0.15) is 11.6 Å². The summed E-state index contributed by atoms with van der Waals surface area (Å²) in [4.78, 5) is 34.8. The predicted molar refractivity (Wildman–Crippen MR) is 166 cm³/mol. The lowest BCUT2D eigenvalue weighted by atomic mass is 9.78. The molecule has 3 aliphatic heterocycles. The Balaban J connectivity index is 1.18. The Labute approximate surface area is 261 Å². The molecule has 2 atom stereocenters. The van der Waals surface area contributed by atoms with Gasteiger partial charge in [0, 0.05) is 44.8 Å². The van der Waals surface area contributed by atoms with Gasteiger partial charge in [-0.25, -0.2) is 4.39 Å². The summed E-state index contributed by atoms with van der Waals surface area (Å²) in [5.41, 5.74) is 4.00. The number of amides is 2. The average Bonchev–Trinajstić information content (AvgIpc) is 3.55. The molecule has 3 aliphatic rings. The standard InChI is InChI=1S/C36H34FN3O5/c1-43-28-13-9-26(10-14-28)34-33(29-4-2-3-5-30(29)35(41)40(34)22-24-6-11-27(37)12-7-24)36(42)39-18-16-38(17-19-39)21-25-8-15-31-32(20-25)45-23-44-31/h2-15,20,33-34H,16-19,21-23H2,1H3/t33-,34-/m1/s1. The van der Waals surface area contributed by atoms with Crippen LogP contribution in [-0.4, -0.2) is 66.6 Å². The molecular formula is C36H34FN3O5. The number of carbonyl (C=O) groups excluding carboxylic acids is 2. The molecule has 0 radical (unpaired) electrons. The van der Waals surface area contributed by atoms with Gasteiger partial charge in [-0.1, -0.05) is 48.5 Å². The summed E-state index contributed by atoms with van der Waals surface area (Å²) in [6, 6.07) is 26.6. The van der Waals surface area contributed by atoms with Crippen LogP contribution in [0.4, 0.5) is 4.39 Å². The molecule has 1 fully saturated rings. The highest BCUT2D eigenvalue weighted by atomic mass is 19.1. The number of halogens is 1. The van der Waals surface area contributed by atoms with Crippen molar-refractivity contribution < 1.29 is 28.2 Å². The molecule has 4 aromatic rings. The van der Waals surface area contributed by atoms with Gasteiger partial charge in [0.2, 0.25) is 12.7 Å². The molecular weight excluding hydrogens is 573 g/mol. The topological polar surface area (TPSA) is 71.5 Å². The molecule has 2 amide bonds. The number of piperazine rings is 1. The molecule has 0 aliphatic carbocycles. The van der Waals surface area contributed by atoms with E-state index in [2.05, 4.69) is 11.0 Å². The van der Waals surface area contributed by atoms with E-state index in [4.69, 9.17) is 14.2 Å². The summed E-state index contributed by atoms with van der Waals surface area (Å²) in [5.74, 6) is 1.09. The number of hydrogen-bond donors (Lipinski definition) is 0. The Morgan fingerprint density at radius 3 is 2.31 bits per heavy atom. The molecule has 8 nitrogen and oxygen atoms in total. The minimum absolute atomic E-state index is 0.0115. The van der Waals surface area contributed by atoms with E-state index in [0.717, 1.165) is 53.4 Å². The van der Waals surface area contributed by atoms with E-state index in [9.17, 15) is 14.0 Å². The maximum atomic E-state index is 14.6. The summed E-state index contributed by atoms with van der Waals surface area (Å²) in [6.07, 6.45) is 0. The van der Waals surface area contributed by atoms with Gasteiger partial charge in [-0.05, 0) is 64.7 Å². The number of nitrogens with zero attached hydrogens (tertiary/aromatic N) is 3. The Morgan fingerprint density at radius 2 is 1.56 bits per heavy atom. The lowest BCUT2D eigenvalue weighted by molar-refractivity contribution is -0.136. The van der Waals surface area contributed by atoms with Gasteiger partial charge < -0.3 is 24.0 Å². The molecule has 230 valence electrons. The van der Waals surface area contributed by atoms with Crippen LogP contribution in [0.15, 0.2) is 91.0 Å². The molecule has 3 heterocycles. The Morgan fingerprint density at radius 1 is 0.844 bits per heavy atom. The van der Waals surface area contributed by atoms with Gasteiger partial charge >= 0.3 is 0 Å². The number of methoxy groups -OCH3 is 1. The van der Waals surface area contributed by atoms with E-state index in [1.807, 2.05) is 59.5 Å². The summed E-state index contributed by atoms with van der Waals surface area (Å²) in [5, 5.41) is 0. The first-order valence-corrected chi connectivity index (χ1v) is 15.2. The molecule has 1 saturated heterocycles. The molecule has 45 heavy (non-hydrogen) atoms. The highest BCUT2D eigenvalue weighted by molar-refractivity contribution is 6.01. The SMILES string of the molecule is COc1ccc([C@@H]2[C@H](C(=O)N3CCN(Cc4ccc5c(c4)OCO5)CC3)c3ccccc3C(=O)N2Cc2ccc(F)cc2)cc1. The van der Waals surface area contributed by atoms with Gasteiger partial charge in [-0.2, -0.15) is 0 Å². The van der Waals surface area contributed by atoms with E-state index in [0.29, 0.717) is 24.4 Å². The normalized spacial score (nSPS) is 19.4. The van der Waals surface area contributed by atoms with Crippen molar-refractivity contribution in [2.45, 2.75) is 25.0 Å². The molecule has 0 aromatic heterocycles. The second kappa shape index (κ2) is 12.2. The zero-order valence-electron chi connectivity index (χ0n) is 25.0. The van der Waals surface area contributed by atoms with Crippen LogP contribution in [0, 0.1) is 5.82 Å². The van der Waals surface area contributed by atoms with Crippen molar-refractivity contribution in [3.63, 3.8) is 0 Å². The van der Waals surface area contributed by atoms with Crippen molar-refractivity contribution in [3.05, 3.63) is 125 Å². The summed E-state index contributed by atoms with van der Waals surface area (Å²) in [7, 11) is 1.61. The molecule has 0 N–H and O–H groups in total. The van der Waals surface area contributed by atoms with Crippen molar-refractivity contribution in [3.8, 4) is 17.2 Å². The monoisotopic (exact) mass is 607 g/mol. The van der Waals surface area contributed by atoms with Crippen LogP contribution < -0.4 is 14.2 Å². The molecule has 9 heteroatoms. The number of ether oxygens (including phenoxy) is 3. The summed E-state index contributed by atoms with van der Waals surface area (Å²) >= 11 is 0. The van der Waals surface area contributed by atoms with Gasteiger partial charge in [0.05, 0.1) is 19.1 Å². The smallest absolute Gasteiger partial charge is 0.255 e. The number of rotatable bonds is 7. The molecule has 0 unspecified atom stereocenters. The third-order valence-corrected chi connectivity index (χ3v) is 8.96. The minimum Gasteiger partial charge on any atom is -0.497 e. The predicted octanol–water partition coefficient (Wildman–Crippen LogP) is 5.39. The van der Waals surface area contributed by atoms with Crippen LogP contribution >= 0.6 is 0 Å². The maximum Gasteiger partial charge on any atom is 0.255 e. The molecule has 0 bridgehead atoms. The Kier molecular flexibility index (Phi) is 7.85. The quantitative estimate of drug-likeness (QED) is 0.281. The zero-order valence-corrected chi connectivity index (χ0v) is 25.0. The van der Waals surface area contributed by atoms with Crippen LogP contribution in [0.3, 0.4) is 0 Å². The molecule has 0 spiro atoms. The van der Waals surface area contributed by atoms with E-state index >= 15 is 0 Å². The third-order valence-electron chi connectivity index (χ3n) is 8.96. The fourth-order valence-electron chi connectivity index (χ4n) is 6.61. The number of hydrogen-bond acceptors (Lipinski definition) is 6. The van der Waals surface area contributed by atoms with Crippen LogP contribution in [0.5, 0.6) is 17.2 Å². The summed E-state index contributed by atoms with van der Waals surface area (Å²) in [6.45, 7) is 3.82. The molecule has 7 rings (SSSR count). The van der Waals surface area contributed by atoms with Gasteiger partial charge in [-0.3, -0.25) is 14.5 Å². The van der Waals surface area contributed by atoms with Crippen molar-refractivity contribution in [2.24, 2.45) is 0 Å². The highest BCUT2D eigenvalue weighted by Crippen LogP contribution is 2.45. The first kappa shape index (κ1) is 28.9. The van der Waals surface area contributed by atoms with Crippen LogP contribution in [0.25, 0.3) is 0 Å². The second-order valence-electron chi connectivity index (χ2n) is 11.6. The van der Waals surface area contributed by atoms with Crippen LogP contribution in [-0.2, 0) is 17.9 Å². The Bertz CT molecular complexity index is 1700. The van der Waals surface area contributed by atoms with Gasteiger partial charge in [0.25, 0.3) is 5.91 Å². The third kappa shape index (κ3) is 5.71. The first-order valence-electron chi connectivity index (χ1n) is 15.2. The number of carbonyl (C=O) groups is 2. The lowest BCUT2D eigenvalue weighted by Gasteiger charge is -2.44. The van der Waals surface area contributed by atoms with Crippen molar-refractivity contribution in [1.82, 2.24) is 14.7 Å². The Hall–Kier alpha value is -4.89. The fourth-order valence-corrected chi connectivity index (χ4v) is 6.61. The summed E-state index contributed by atoms with van der Waals surface area (Å²) < 4.78 is 30.2. The average molecular weight is 608 g/mol. The van der Waals surface area contributed by atoms with Gasteiger partial charge in [0.15, 0.2) is 11.5 Å². The largest absolute Gasteiger partial charge is 0.497 e. The first-order chi connectivity index (χ1) is 22.0. The van der Waals surface area contributed by atoms with Crippen molar-refractivity contribution >= 4 is 11.8 Å². The van der Waals surface area contributed by atoms with E-state index in [-0.39, 0.29) is 31.0 Å². The van der Waals surface area contributed by atoms with Crippen molar-refractivity contribution in [2.75, 3.05) is 40.1 Å². The zero-order chi connectivity index (χ0) is 30.9. The number of benzene rings is 4. The van der Waals surface area contributed by atoms with Crippen molar-refractivity contribution in [1.29, 1.82) is 0 Å². The van der Waals surface area contributed by atoms with Crippen LogP contribution in [0.1, 0.15) is 44.6 Å². The van der Waals surface area contributed by atoms with Crippen LogP contribution in [0.2, 0.25) is 0 Å². The van der Waals surface area contributed by atoms with Gasteiger partial charge in [-0.15, -0.1) is 0 Å². The van der Waals surface area contributed by atoms with E-state index in [1.165, 1.54) is 12.1 Å². The van der Waals surface area contributed by atoms with E-state index in [1.54, 1.807) is 30.2 Å². The molecule has 0 saturated carbocycles. The van der Waals surface area contributed by atoms with E-state index < -0.39 is 12.0 Å². The maximum absolute atomic E-state index is 14.6. The second-order valence-corrected chi connectivity index (χ2v) is 11.6. The number of fused-ring (bicyclic) bond motifs is 2. The lowest BCUT2D eigenvalue weighted by Crippen LogP contribution is -2.53. The molecule has 4 aromatic carbocycles.